The molecule has 0 aliphatic rings. The van der Waals surface area contributed by atoms with Gasteiger partial charge in [0.15, 0.2) is 0 Å². The number of aliphatic hydroxyl groups is 1. The molecule has 17 heavy (non-hydrogen) atoms. The summed E-state index contributed by atoms with van der Waals surface area (Å²) in [6.45, 7) is 2.04. The SMILES string of the molecule is CC(O)CC(=O)O.NCCCCC(N)C(=O)O. The maximum Gasteiger partial charge on any atom is 0.320 e. The lowest BCUT2D eigenvalue weighted by Crippen LogP contribution is -2.29. The van der Waals surface area contributed by atoms with Gasteiger partial charge in [0.05, 0.1) is 12.5 Å². The quantitative estimate of drug-likeness (QED) is 0.378. The van der Waals surface area contributed by atoms with Crippen molar-refractivity contribution in [1.29, 1.82) is 0 Å². The molecule has 7 heteroatoms. The fraction of sp³-hybridized carbons (Fsp3) is 0.800. The first-order chi connectivity index (χ1) is 7.81. The summed E-state index contributed by atoms with van der Waals surface area (Å²) in [4.78, 5) is 19.8. The van der Waals surface area contributed by atoms with E-state index in [4.69, 9.17) is 26.8 Å². The highest BCUT2D eigenvalue weighted by Gasteiger charge is 2.09. The molecule has 0 aromatic carbocycles. The molecule has 0 saturated carbocycles. The number of carboxylic acids is 2. The van der Waals surface area contributed by atoms with Gasteiger partial charge in [0.25, 0.3) is 0 Å². The molecule has 0 spiro atoms. The normalized spacial score (nSPS) is 13.2. The van der Waals surface area contributed by atoms with Gasteiger partial charge in [-0.15, -0.1) is 0 Å². The Bertz CT molecular complexity index is 221. The highest BCUT2D eigenvalue weighted by Crippen LogP contribution is 1.96. The van der Waals surface area contributed by atoms with E-state index in [1.54, 1.807) is 0 Å². The van der Waals surface area contributed by atoms with Crippen LogP contribution in [0.5, 0.6) is 0 Å². The zero-order chi connectivity index (χ0) is 13.8. The van der Waals surface area contributed by atoms with E-state index in [2.05, 4.69) is 0 Å². The van der Waals surface area contributed by atoms with Crippen LogP contribution in [0.2, 0.25) is 0 Å². The molecule has 0 bridgehead atoms. The summed E-state index contributed by atoms with van der Waals surface area (Å²) < 4.78 is 0. The second kappa shape index (κ2) is 11.3. The van der Waals surface area contributed by atoms with Gasteiger partial charge < -0.3 is 26.8 Å². The molecular formula is C10H22N2O5. The lowest BCUT2D eigenvalue weighted by Gasteiger charge is -2.03. The van der Waals surface area contributed by atoms with Crippen LogP contribution in [0.25, 0.3) is 0 Å². The molecular weight excluding hydrogens is 228 g/mol. The third kappa shape index (κ3) is 17.4. The van der Waals surface area contributed by atoms with Crippen LogP contribution in [-0.4, -0.2) is 45.9 Å². The maximum atomic E-state index is 10.1. The standard InChI is InChI=1S/C6H14N2O2.C4H8O3/c7-4-2-1-3-5(8)6(9)10;1-3(5)2-4(6)7/h5H,1-4,7-8H2,(H,9,10);3,5H,2H2,1H3,(H,6,7). The Balaban J connectivity index is 0. The van der Waals surface area contributed by atoms with Crippen LogP contribution in [0.15, 0.2) is 0 Å². The molecule has 0 aromatic heterocycles. The number of aliphatic carboxylic acids is 2. The molecule has 0 rings (SSSR count). The number of carbonyl (C=O) groups is 2. The van der Waals surface area contributed by atoms with Crippen molar-refractivity contribution < 1.29 is 24.9 Å². The summed E-state index contributed by atoms with van der Waals surface area (Å²) in [5, 5.41) is 24.6. The van der Waals surface area contributed by atoms with E-state index in [1.807, 2.05) is 0 Å². The zero-order valence-corrected chi connectivity index (χ0v) is 10.0. The van der Waals surface area contributed by atoms with E-state index in [-0.39, 0.29) is 6.42 Å². The monoisotopic (exact) mass is 250 g/mol. The van der Waals surface area contributed by atoms with Gasteiger partial charge in [-0.25, -0.2) is 0 Å². The van der Waals surface area contributed by atoms with E-state index < -0.39 is 24.1 Å². The van der Waals surface area contributed by atoms with Gasteiger partial charge in [0, 0.05) is 0 Å². The summed E-state index contributed by atoms with van der Waals surface area (Å²) in [6.07, 6.45) is 1.27. The number of hydrogen-bond donors (Lipinski definition) is 5. The Kier molecular flexibility index (Phi) is 12.1. The van der Waals surface area contributed by atoms with Crippen molar-refractivity contribution in [3.8, 4) is 0 Å². The molecule has 102 valence electrons. The largest absolute Gasteiger partial charge is 0.481 e. The molecule has 0 saturated heterocycles. The number of hydrogen-bond acceptors (Lipinski definition) is 5. The molecule has 0 fully saturated rings. The number of rotatable bonds is 7. The molecule has 0 aromatic rings. The zero-order valence-electron chi connectivity index (χ0n) is 10.0. The van der Waals surface area contributed by atoms with Crippen molar-refractivity contribution >= 4 is 11.9 Å². The highest BCUT2D eigenvalue weighted by molar-refractivity contribution is 5.72. The Hall–Kier alpha value is -1.18. The summed E-state index contributed by atoms with van der Waals surface area (Å²) >= 11 is 0. The number of carboxylic acid groups (broad SMARTS) is 2. The van der Waals surface area contributed by atoms with Crippen molar-refractivity contribution in [2.45, 2.75) is 44.8 Å². The van der Waals surface area contributed by atoms with Crippen LogP contribution in [0.4, 0.5) is 0 Å². The van der Waals surface area contributed by atoms with E-state index in [0.717, 1.165) is 12.8 Å². The predicted molar refractivity (Wildman–Crippen MR) is 62.5 cm³/mol. The van der Waals surface area contributed by atoms with Crippen LogP contribution in [0.3, 0.4) is 0 Å². The molecule has 7 nitrogen and oxygen atoms in total. The predicted octanol–water partition coefficient (Wildman–Crippen LogP) is -0.631. The Morgan fingerprint density at radius 2 is 1.76 bits per heavy atom. The van der Waals surface area contributed by atoms with Gasteiger partial charge in [-0.3, -0.25) is 9.59 Å². The van der Waals surface area contributed by atoms with Gasteiger partial charge >= 0.3 is 11.9 Å². The van der Waals surface area contributed by atoms with E-state index in [9.17, 15) is 9.59 Å². The second-order valence-electron chi connectivity index (χ2n) is 3.68. The van der Waals surface area contributed by atoms with Gasteiger partial charge in [-0.1, -0.05) is 6.42 Å². The first-order valence-electron chi connectivity index (χ1n) is 5.39. The van der Waals surface area contributed by atoms with E-state index in [1.165, 1.54) is 6.92 Å². The van der Waals surface area contributed by atoms with Gasteiger partial charge in [0.2, 0.25) is 0 Å². The van der Waals surface area contributed by atoms with Gasteiger partial charge in [-0.05, 0) is 26.3 Å². The van der Waals surface area contributed by atoms with Gasteiger partial charge in [0.1, 0.15) is 6.04 Å². The topological polar surface area (TPSA) is 147 Å². The van der Waals surface area contributed by atoms with Crippen LogP contribution in [0.1, 0.15) is 32.6 Å². The van der Waals surface area contributed by atoms with Crippen LogP contribution in [-0.2, 0) is 9.59 Å². The lowest BCUT2D eigenvalue weighted by atomic mass is 10.1. The molecule has 2 atom stereocenters. The highest BCUT2D eigenvalue weighted by atomic mass is 16.4. The van der Waals surface area contributed by atoms with E-state index in [0.29, 0.717) is 13.0 Å². The van der Waals surface area contributed by atoms with Crippen LogP contribution >= 0.6 is 0 Å². The molecule has 0 amide bonds. The average molecular weight is 250 g/mol. The summed E-state index contributed by atoms with van der Waals surface area (Å²) in [5.74, 6) is -1.90. The summed E-state index contributed by atoms with van der Waals surface area (Å²) in [6, 6.07) is -0.716. The fourth-order valence-corrected chi connectivity index (χ4v) is 0.885. The van der Waals surface area contributed by atoms with Gasteiger partial charge in [-0.2, -0.15) is 0 Å². The number of unbranched alkanes of at least 4 members (excludes halogenated alkanes) is 1. The lowest BCUT2D eigenvalue weighted by molar-refractivity contribution is -0.139. The second-order valence-corrected chi connectivity index (χ2v) is 3.68. The molecule has 2 unspecified atom stereocenters. The minimum atomic E-state index is -0.963. The third-order valence-electron chi connectivity index (χ3n) is 1.76. The average Bonchev–Trinajstić information content (AvgIpc) is 2.16. The smallest absolute Gasteiger partial charge is 0.320 e. The minimum Gasteiger partial charge on any atom is -0.481 e. The van der Waals surface area contributed by atoms with Crippen LogP contribution in [0, 0.1) is 0 Å². The minimum absolute atomic E-state index is 0.167. The first kappa shape index (κ1) is 18.2. The Labute approximate surface area is 100 Å². The van der Waals surface area contributed by atoms with Crippen LogP contribution < -0.4 is 11.5 Å². The van der Waals surface area contributed by atoms with Crippen molar-refractivity contribution in [3.05, 3.63) is 0 Å². The molecule has 0 radical (unpaired) electrons. The summed E-state index contributed by atoms with van der Waals surface area (Å²) in [5.41, 5.74) is 10.4. The van der Waals surface area contributed by atoms with E-state index >= 15 is 0 Å². The fourth-order valence-electron chi connectivity index (χ4n) is 0.885. The van der Waals surface area contributed by atoms with Crippen molar-refractivity contribution in [3.63, 3.8) is 0 Å². The van der Waals surface area contributed by atoms with Crippen molar-refractivity contribution in [2.24, 2.45) is 11.5 Å². The Morgan fingerprint density at radius 3 is 2.00 bits per heavy atom. The number of nitrogens with two attached hydrogens (primary N) is 2. The molecule has 0 aliphatic heterocycles. The molecule has 0 aliphatic carbocycles. The molecule has 7 N–H and O–H groups in total. The van der Waals surface area contributed by atoms with Crippen molar-refractivity contribution in [2.75, 3.05) is 6.54 Å². The number of aliphatic hydroxyl groups excluding tert-OH is 1. The first-order valence-corrected chi connectivity index (χ1v) is 5.39. The maximum absolute atomic E-state index is 10.1. The van der Waals surface area contributed by atoms with Crippen molar-refractivity contribution in [1.82, 2.24) is 0 Å². The third-order valence-corrected chi connectivity index (χ3v) is 1.76. The molecule has 0 heterocycles. The Morgan fingerprint density at radius 1 is 1.24 bits per heavy atom. The summed E-state index contributed by atoms with van der Waals surface area (Å²) in [7, 11) is 0.